The van der Waals surface area contributed by atoms with Crippen molar-refractivity contribution in [2.45, 2.75) is 30.7 Å². The zero-order valence-electron chi connectivity index (χ0n) is 12.9. The Morgan fingerprint density at radius 3 is 2.39 bits per heavy atom. The second-order valence-corrected chi connectivity index (χ2v) is 5.98. The predicted octanol–water partition coefficient (Wildman–Crippen LogP) is 3.37. The Hall–Kier alpha value is -2.33. The number of carbonyl (C=O) groups excluding carboxylic acids is 1. The summed E-state index contributed by atoms with van der Waals surface area (Å²) >= 11 is 0. The van der Waals surface area contributed by atoms with Crippen LogP contribution in [0, 0.1) is 0 Å². The van der Waals surface area contributed by atoms with Crippen LogP contribution in [0.15, 0.2) is 54.6 Å². The summed E-state index contributed by atoms with van der Waals surface area (Å²) in [6.45, 7) is 0. The molecule has 1 heterocycles. The molecule has 2 fully saturated rings. The Morgan fingerprint density at radius 2 is 1.78 bits per heavy atom. The fraction of sp³-hybridized carbons (Fsp3) is 0.316. The molecule has 1 saturated carbocycles. The third-order valence-electron chi connectivity index (χ3n) is 4.34. The van der Waals surface area contributed by atoms with Crippen molar-refractivity contribution in [2.24, 2.45) is 0 Å². The molecule has 0 bridgehead atoms. The molecule has 0 spiro atoms. The molecule has 2 aromatic carbocycles. The number of methoxy groups -OCH3 is 1. The van der Waals surface area contributed by atoms with E-state index in [9.17, 15) is 4.79 Å². The summed E-state index contributed by atoms with van der Waals surface area (Å²) in [7, 11) is 1.63. The summed E-state index contributed by atoms with van der Waals surface area (Å²) in [5.74, 6) is 0.493. The lowest BCUT2D eigenvalue weighted by atomic mass is 9.92. The minimum Gasteiger partial charge on any atom is -0.497 e. The van der Waals surface area contributed by atoms with Crippen LogP contribution in [0.25, 0.3) is 0 Å². The molecule has 2 atom stereocenters. The van der Waals surface area contributed by atoms with Gasteiger partial charge in [-0.25, -0.2) is 4.79 Å². The Balaban J connectivity index is 1.66. The summed E-state index contributed by atoms with van der Waals surface area (Å²) < 4.78 is 16.7. The van der Waals surface area contributed by atoms with Crippen LogP contribution < -0.4 is 4.74 Å². The molecule has 2 aromatic rings. The monoisotopic (exact) mass is 310 g/mol. The molecule has 0 N–H and O–H groups in total. The van der Waals surface area contributed by atoms with E-state index in [4.69, 9.17) is 14.2 Å². The number of rotatable bonds is 5. The van der Waals surface area contributed by atoms with Gasteiger partial charge in [-0.15, -0.1) is 0 Å². The molecule has 4 heteroatoms. The van der Waals surface area contributed by atoms with Gasteiger partial charge in [0.1, 0.15) is 18.0 Å². The normalized spacial score (nSPS) is 25.7. The van der Waals surface area contributed by atoms with Gasteiger partial charge in [0.2, 0.25) is 5.60 Å². The summed E-state index contributed by atoms with van der Waals surface area (Å²) in [6, 6.07) is 17.2. The van der Waals surface area contributed by atoms with E-state index in [0.29, 0.717) is 0 Å². The Bertz CT molecular complexity index is 706. The van der Waals surface area contributed by atoms with Crippen LogP contribution in [-0.4, -0.2) is 19.2 Å². The Morgan fingerprint density at radius 1 is 1.09 bits per heavy atom. The van der Waals surface area contributed by atoms with Crippen LogP contribution in [0.5, 0.6) is 5.75 Å². The molecule has 2 unspecified atom stereocenters. The molecule has 1 aliphatic heterocycles. The summed E-state index contributed by atoms with van der Waals surface area (Å²) in [5.41, 5.74) is 0.771. The van der Waals surface area contributed by atoms with Gasteiger partial charge < -0.3 is 14.2 Å². The standard InChI is InChI=1S/C19H18O4/c1-21-15-9-7-13(8-10-15)17-19(23-17,14-5-3-2-4-6-14)18(20)22-16-11-12-16/h2-10,16-17H,11-12H2,1H3. The smallest absolute Gasteiger partial charge is 0.346 e. The Labute approximate surface area is 135 Å². The van der Waals surface area contributed by atoms with Crippen LogP contribution >= 0.6 is 0 Å². The SMILES string of the molecule is COc1ccc(C2OC2(C(=O)OC2CC2)c2ccccc2)cc1. The fourth-order valence-corrected chi connectivity index (χ4v) is 2.84. The van der Waals surface area contributed by atoms with Gasteiger partial charge in [-0.1, -0.05) is 42.5 Å². The van der Waals surface area contributed by atoms with Gasteiger partial charge in [0, 0.05) is 0 Å². The minimum absolute atomic E-state index is 0.0591. The first-order valence-corrected chi connectivity index (χ1v) is 7.82. The first-order chi connectivity index (χ1) is 11.2. The van der Waals surface area contributed by atoms with E-state index in [1.165, 1.54) is 0 Å². The van der Waals surface area contributed by atoms with Crippen molar-refractivity contribution in [3.63, 3.8) is 0 Å². The number of ether oxygens (including phenoxy) is 3. The van der Waals surface area contributed by atoms with Crippen molar-refractivity contribution in [1.82, 2.24) is 0 Å². The average Bonchev–Trinajstić information content (AvgIpc) is 3.50. The van der Waals surface area contributed by atoms with Gasteiger partial charge in [-0.2, -0.15) is 0 Å². The number of hydrogen-bond acceptors (Lipinski definition) is 4. The maximum Gasteiger partial charge on any atom is 0.346 e. The lowest BCUT2D eigenvalue weighted by Gasteiger charge is -2.13. The lowest BCUT2D eigenvalue weighted by Crippen LogP contribution is -2.26. The number of esters is 1. The molecule has 2 aliphatic rings. The van der Waals surface area contributed by atoms with Gasteiger partial charge in [0.15, 0.2) is 0 Å². The molecule has 0 amide bonds. The maximum atomic E-state index is 12.7. The zero-order valence-corrected chi connectivity index (χ0v) is 12.9. The quantitative estimate of drug-likeness (QED) is 0.627. The van der Waals surface area contributed by atoms with Crippen LogP contribution in [0.1, 0.15) is 30.1 Å². The molecule has 1 saturated heterocycles. The van der Waals surface area contributed by atoms with E-state index in [0.717, 1.165) is 29.7 Å². The van der Waals surface area contributed by atoms with Crippen molar-refractivity contribution < 1.29 is 19.0 Å². The highest BCUT2D eigenvalue weighted by Crippen LogP contribution is 2.58. The zero-order chi connectivity index (χ0) is 15.9. The van der Waals surface area contributed by atoms with Crippen molar-refractivity contribution in [3.05, 3.63) is 65.7 Å². The average molecular weight is 310 g/mol. The van der Waals surface area contributed by atoms with Crippen molar-refractivity contribution in [2.75, 3.05) is 7.11 Å². The fourth-order valence-electron chi connectivity index (χ4n) is 2.84. The van der Waals surface area contributed by atoms with E-state index in [-0.39, 0.29) is 18.2 Å². The van der Waals surface area contributed by atoms with Crippen molar-refractivity contribution in [3.8, 4) is 5.75 Å². The molecular formula is C19H18O4. The minimum atomic E-state index is -1.02. The third-order valence-corrected chi connectivity index (χ3v) is 4.34. The molecule has 0 radical (unpaired) electrons. The van der Waals surface area contributed by atoms with Crippen molar-refractivity contribution >= 4 is 5.97 Å². The highest BCUT2D eigenvalue weighted by molar-refractivity contribution is 5.86. The largest absolute Gasteiger partial charge is 0.497 e. The van der Waals surface area contributed by atoms with Gasteiger partial charge in [-0.05, 0) is 36.1 Å². The maximum absolute atomic E-state index is 12.7. The molecule has 1 aliphatic carbocycles. The highest BCUT2D eigenvalue weighted by Gasteiger charge is 2.66. The van der Waals surface area contributed by atoms with E-state index < -0.39 is 5.60 Å². The molecule has 23 heavy (non-hydrogen) atoms. The number of carbonyl (C=O) groups is 1. The number of benzene rings is 2. The molecule has 0 aromatic heterocycles. The van der Waals surface area contributed by atoms with E-state index >= 15 is 0 Å². The summed E-state index contributed by atoms with van der Waals surface area (Å²) in [5, 5.41) is 0. The second kappa shape index (κ2) is 5.39. The van der Waals surface area contributed by atoms with Gasteiger partial charge in [-0.3, -0.25) is 0 Å². The highest BCUT2D eigenvalue weighted by atomic mass is 16.7. The topological polar surface area (TPSA) is 48.1 Å². The first kappa shape index (κ1) is 14.3. The first-order valence-electron chi connectivity index (χ1n) is 7.82. The van der Waals surface area contributed by atoms with Gasteiger partial charge in [0.05, 0.1) is 7.11 Å². The predicted molar refractivity (Wildman–Crippen MR) is 84.1 cm³/mol. The van der Waals surface area contributed by atoms with Crippen LogP contribution in [-0.2, 0) is 19.9 Å². The van der Waals surface area contributed by atoms with Crippen LogP contribution in [0.4, 0.5) is 0 Å². The molecular weight excluding hydrogens is 292 g/mol. The Kier molecular flexibility index (Phi) is 3.34. The van der Waals surface area contributed by atoms with E-state index in [2.05, 4.69) is 0 Å². The van der Waals surface area contributed by atoms with Gasteiger partial charge in [0.25, 0.3) is 0 Å². The molecule has 4 nitrogen and oxygen atoms in total. The molecule has 118 valence electrons. The lowest BCUT2D eigenvalue weighted by molar-refractivity contribution is -0.151. The van der Waals surface area contributed by atoms with Crippen molar-refractivity contribution in [1.29, 1.82) is 0 Å². The summed E-state index contributed by atoms with van der Waals surface area (Å²) in [6.07, 6.45) is 1.64. The third kappa shape index (κ3) is 2.49. The van der Waals surface area contributed by atoms with Gasteiger partial charge >= 0.3 is 5.97 Å². The summed E-state index contributed by atoms with van der Waals surface area (Å²) in [4.78, 5) is 12.7. The van der Waals surface area contributed by atoms with E-state index in [1.54, 1.807) is 7.11 Å². The number of hydrogen-bond donors (Lipinski definition) is 0. The second-order valence-electron chi connectivity index (χ2n) is 5.98. The molecule has 4 rings (SSSR count). The van der Waals surface area contributed by atoms with Crippen LogP contribution in [0.3, 0.4) is 0 Å². The number of epoxide rings is 1. The van der Waals surface area contributed by atoms with Crippen LogP contribution in [0.2, 0.25) is 0 Å². The van der Waals surface area contributed by atoms with E-state index in [1.807, 2.05) is 54.6 Å².